The molecule has 84 valence electrons. The van der Waals surface area contributed by atoms with Gasteiger partial charge in [-0.15, -0.1) is 13.2 Å². The third kappa shape index (κ3) is 17.8. The van der Waals surface area contributed by atoms with E-state index in [-0.39, 0.29) is 64.6 Å². The molecule has 0 aromatic carbocycles. The first-order valence-corrected chi connectivity index (χ1v) is 4.84. The third-order valence-corrected chi connectivity index (χ3v) is 1.44. The van der Waals surface area contributed by atoms with E-state index < -0.39 is 0 Å². The molecule has 0 atom stereocenters. The first kappa shape index (κ1) is 18.6. The van der Waals surface area contributed by atoms with E-state index in [1.165, 1.54) is 0 Å². The molecule has 0 N–H and O–H groups in total. The Kier molecular flexibility index (Phi) is 21.8. The molecule has 0 aliphatic heterocycles. The van der Waals surface area contributed by atoms with Gasteiger partial charge in [-0.05, 0) is 6.42 Å². The zero-order valence-electron chi connectivity index (χ0n) is 9.57. The van der Waals surface area contributed by atoms with Crippen molar-refractivity contribution >= 4 is 0 Å². The van der Waals surface area contributed by atoms with E-state index in [1.54, 1.807) is 0 Å². The summed E-state index contributed by atoms with van der Waals surface area (Å²) >= 11 is 0. The molecule has 0 heterocycles. The molecule has 15 heavy (non-hydrogen) atoms. The molecule has 0 saturated carbocycles. The normalized spacial score (nSPS) is 9.67. The second-order valence-corrected chi connectivity index (χ2v) is 2.62. The summed E-state index contributed by atoms with van der Waals surface area (Å²) in [7, 11) is 0. The van der Waals surface area contributed by atoms with Crippen LogP contribution in [0.3, 0.4) is 0 Å². The van der Waals surface area contributed by atoms with Crippen molar-refractivity contribution in [1.29, 1.82) is 0 Å². The summed E-state index contributed by atoms with van der Waals surface area (Å²) in [6.07, 6.45) is 2.68. The summed E-state index contributed by atoms with van der Waals surface area (Å²) in [6.45, 7) is 6.51. The van der Waals surface area contributed by atoms with Crippen molar-refractivity contribution in [2.45, 2.75) is 6.42 Å². The van der Waals surface area contributed by atoms with Crippen LogP contribution in [0.2, 0.25) is 0 Å². The maximum atomic E-state index is 9.97. The molecule has 0 fully saturated rings. The van der Waals surface area contributed by atoms with Crippen molar-refractivity contribution in [3.63, 3.8) is 0 Å². The number of ether oxygens (including phenoxy) is 3. The SMILES string of the molecule is C=CCCOCCOCCOCC[O-].[K+]. The van der Waals surface area contributed by atoms with Gasteiger partial charge in [-0.1, -0.05) is 6.08 Å². The van der Waals surface area contributed by atoms with E-state index in [0.717, 1.165) is 6.42 Å². The minimum atomic E-state index is -0.190. The molecule has 0 bridgehead atoms. The Morgan fingerprint density at radius 3 is 1.80 bits per heavy atom. The van der Waals surface area contributed by atoms with E-state index in [9.17, 15) is 5.11 Å². The molecule has 0 radical (unpaired) electrons. The largest absolute Gasteiger partial charge is 1.00 e. The van der Waals surface area contributed by atoms with E-state index >= 15 is 0 Å². The van der Waals surface area contributed by atoms with Gasteiger partial charge in [0.15, 0.2) is 0 Å². The van der Waals surface area contributed by atoms with Gasteiger partial charge in [0.2, 0.25) is 0 Å². The van der Waals surface area contributed by atoms with Gasteiger partial charge in [0, 0.05) is 6.61 Å². The van der Waals surface area contributed by atoms with E-state index in [2.05, 4.69) is 6.58 Å². The van der Waals surface area contributed by atoms with Crippen LogP contribution < -0.4 is 56.5 Å². The quantitative estimate of drug-likeness (QED) is 0.220. The topological polar surface area (TPSA) is 50.8 Å². The summed E-state index contributed by atoms with van der Waals surface area (Å²) in [6, 6.07) is 0. The Balaban J connectivity index is 0. The molecule has 0 unspecified atom stereocenters. The van der Waals surface area contributed by atoms with Gasteiger partial charge < -0.3 is 19.3 Å². The molecular formula is C10H19KO4. The number of hydrogen-bond donors (Lipinski definition) is 0. The molecule has 0 aliphatic rings. The van der Waals surface area contributed by atoms with Crippen molar-refractivity contribution in [3.05, 3.63) is 12.7 Å². The molecule has 0 rings (SSSR count). The Morgan fingerprint density at radius 1 is 0.867 bits per heavy atom. The van der Waals surface area contributed by atoms with Crippen LogP contribution in [-0.4, -0.2) is 46.2 Å². The molecule has 0 aromatic heterocycles. The van der Waals surface area contributed by atoms with Gasteiger partial charge in [0.1, 0.15) is 0 Å². The van der Waals surface area contributed by atoms with Crippen LogP contribution in [0, 0.1) is 0 Å². The molecule has 4 nitrogen and oxygen atoms in total. The first-order valence-electron chi connectivity index (χ1n) is 4.84. The maximum Gasteiger partial charge on any atom is 1.00 e. The molecule has 0 amide bonds. The first-order chi connectivity index (χ1) is 6.91. The van der Waals surface area contributed by atoms with E-state index in [1.807, 2.05) is 6.08 Å². The second-order valence-electron chi connectivity index (χ2n) is 2.62. The molecule has 5 heteroatoms. The van der Waals surface area contributed by atoms with Crippen LogP contribution in [0.5, 0.6) is 0 Å². The predicted molar refractivity (Wildman–Crippen MR) is 52.1 cm³/mol. The standard InChI is InChI=1S/C10H19O4.K/c1-2-3-5-12-7-9-14-10-8-13-6-4-11;/h2H,1,3-10H2;/q-1;+1. The summed E-state index contributed by atoms with van der Waals surface area (Å²) in [5.41, 5.74) is 0. The zero-order valence-corrected chi connectivity index (χ0v) is 12.7. The molecular weight excluding hydrogens is 223 g/mol. The average molecular weight is 242 g/mol. The van der Waals surface area contributed by atoms with Crippen LogP contribution in [-0.2, 0) is 14.2 Å². The summed E-state index contributed by atoms with van der Waals surface area (Å²) in [5.74, 6) is 0. The fraction of sp³-hybridized carbons (Fsp3) is 0.800. The summed E-state index contributed by atoms with van der Waals surface area (Å²) in [4.78, 5) is 0. The molecule has 0 spiro atoms. The van der Waals surface area contributed by atoms with E-state index in [4.69, 9.17) is 14.2 Å². The van der Waals surface area contributed by atoms with Crippen LogP contribution in [0.25, 0.3) is 0 Å². The van der Waals surface area contributed by atoms with Crippen molar-refractivity contribution in [2.75, 3.05) is 46.2 Å². The number of hydrogen-bond acceptors (Lipinski definition) is 4. The van der Waals surface area contributed by atoms with Crippen molar-refractivity contribution in [1.82, 2.24) is 0 Å². The third-order valence-electron chi connectivity index (χ3n) is 1.44. The van der Waals surface area contributed by atoms with Crippen LogP contribution in [0.15, 0.2) is 12.7 Å². The van der Waals surface area contributed by atoms with Gasteiger partial charge >= 0.3 is 51.4 Å². The van der Waals surface area contributed by atoms with Gasteiger partial charge in [0.25, 0.3) is 0 Å². The van der Waals surface area contributed by atoms with E-state index in [0.29, 0.717) is 33.0 Å². The second kappa shape index (κ2) is 17.6. The maximum absolute atomic E-state index is 9.97. The number of rotatable bonds is 11. The van der Waals surface area contributed by atoms with Crippen LogP contribution in [0.1, 0.15) is 6.42 Å². The Bertz CT molecular complexity index is 122. The monoisotopic (exact) mass is 242 g/mol. The van der Waals surface area contributed by atoms with Gasteiger partial charge in [-0.2, -0.15) is 0 Å². The van der Waals surface area contributed by atoms with Crippen LogP contribution >= 0.6 is 0 Å². The van der Waals surface area contributed by atoms with Crippen LogP contribution in [0.4, 0.5) is 0 Å². The molecule has 0 saturated heterocycles. The van der Waals surface area contributed by atoms with Crippen molar-refractivity contribution < 1.29 is 70.7 Å². The predicted octanol–water partition coefficient (Wildman–Crippen LogP) is -3.02. The van der Waals surface area contributed by atoms with Crippen molar-refractivity contribution in [2.24, 2.45) is 0 Å². The fourth-order valence-electron chi connectivity index (χ4n) is 0.767. The summed E-state index contributed by atoms with van der Waals surface area (Å²) in [5, 5.41) is 9.97. The van der Waals surface area contributed by atoms with Gasteiger partial charge in [0.05, 0.1) is 33.0 Å². The van der Waals surface area contributed by atoms with Crippen molar-refractivity contribution in [3.8, 4) is 0 Å². The fourth-order valence-corrected chi connectivity index (χ4v) is 0.767. The Labute approximate surface area is 134 Å². The zero-order chi connectivity index (χ0) is 10.5. The summed E-state index contributed by atoms with van der Waals surface area (Å²) < 4.78 is 15.3. The molecule has 0 aromatic rings. The molecule has 0 aliphatic carbocycles. The minimum Gasteiger partial charge on any atom is -0.853 e. The average Bonchev–Trinajstić information content (AvgIpc) is 2.21. The minimum absolute atomic E-state index is 0. The smallest absolute Gasteiger partial charge is 0.853 e. The van der Waals surface area contributed by atoms with Gasteiger partial charge in [-0.3, -0.25) is 0 Å². The Hall–Kier alpha value is 1.22. The Morgan fingerprint density at radius 2 is 1.33 bits per heavy atom. The van der Waals surface area contributed by atoms with Gasteiger partial charge in [-0.25, -0.2) is 0 Å².